The third-order valence-electron chi connectivity index (χ3n) is 4.79. The quantitative estimate of drug-likeness (QED) is 0.766. The summed E-state index contributed by atoms with van der Waals surface area (Å²) < 4.78 is 3.02. The molecule has 4 rings (SSSR count). The van der Waals surface area contributed by atoms with E-state index in [9.17, 15) is 4.79 Å². The van der Waals surface area contributed by atoms with E-state index >= 15 is 0 Å². The summed E-state index contributed by atoms with van der Waals surface area (Å²) in [4.78, 5) is 19.2. The minimum Gasteiger partial charge on any atom is -0.375 e. The van der Waals surface area contributed by atoms with Crippen molar-refractivity contribution in [2.45, 2.75) is 33.2 Å². The molecule has 0 saturated carbocycles. The molecule has 0 radical (unpaired) electrons. The highest BCUT2D eigenvalue weighted by molar-refractivity contribution is 7.22. The van der Waals surface area contributed by atoms with Gasteiger partial charge in [-0.05, 0) is 51.0 Å². The van der Waals surface area contributed by atoms with Crippen LogP contribution in [0.5, 0.6) is 0 Å². The summed E-state index contributed by atoms with van der Waals surface area (Å²) in [5, 5.41) is 5.11. The largest absolute Gasteiger partial charge is 0.375 e. The van der Waals surface area contributed by atoms with Crippen LogP contribution in [0, 0.1) is 20.8 Å². The number of benzene rings is 1. The standard InChI is InChI=1S/C18H21N5OS/c1-10-6-13(8-15-16(10)20-18(19)25-15)17(24)22-5-4-14(9-22)23-12(3)7-11(2)21-23/h6-8,14H,4-5,9H2,1-3H3,(H2,19,20)/t14-/m0/s1. The number of carbonyl (C=O) groups excluding carboxylic acids is 1. The van der Waals surface area contributed by atoms with Gasteiger partial charge in [-0.2, -0.15) is 5.10 Å². The Morgan fingerprint density at radius 2 is 2.08 bits per heavy atom. The lowest BCUT2D eigenvalue weighted by atomic mass is 10.1. The third kappa shape index (κ3) is 2.78. The van der Waals surface area contributed by atoms with Gasteiger partial charge in [0.05, 0.1) is 22.0 Å². The zero-order chi connectivity index (χ0) is 17.7. The normalized spacial score (nSPS) is 17.6. The average Bonchev–Trinajstić information content (AvgIpc) is 3.24. The van der Waals surface area contributed by atoms with E-state index in [1.807, 2.05) is 30.9 Å². The van der Waals surface area contributed by atoms with Crippen molar-refractivity contribution in [2.75, 3.05) is 18.8 Å². The highest BCUT2D eigenvalue weighted by atomic mass is 32.1. The molecule has 1 aliphatic heterocycles. The van der Waals surface area contributed by atoms with Gasteiger partial charge in [-0.15, -0.1) is 0 Å². The van der Waals surface area contributed by atoms with Crippen molar-refractivity contribution in [1.82, 2.24) is 19.7 Å². The maximum atomic E-state index is 13.0. The monoisotopic (exact) mass is 355 g/mol. The summed E-state index contributed by atoms with van der Waals surface area (Å²) >= 11 is 1.42. The van der Waals surface area contributed by atoms with Crippen LogP contribution < -0.4 is 5.73 Å². The molecule has 0 aliphatic carbocycles. The minimum atomic E-state index is 0.0704. The molecule has 2 N–H and O–H groups in total. The van der Waals surface area contributed by atoms with Crippen molar-refractivity contribution in [3.05, 3.63) is 40.7 Å². The van der Waals surface area contributed by atoms with Crippen LogP contribution in [0.1, 0.15) is 39.8 Å². The first-order valence-corrected chi connectivity index (χ1v) is 9.22. The SMILES string of the molecule is Cc1cc(C)n([C@H]2CCN(C(=O)c3cc(C)c4nc(N)sc4c3)C2)n1. The molecule has 7 heteroatoms. The number of carbonyl (C=O) groups is 1. The Kier molecular flexibility index (Phi) is 3.76. The van der Waals surface area contributed by atoms with Gasteiger partial charge in [0.2, 0.25) is 0 Å². The number of amides is 1. The fraction of sp³-hybridized carbons (Fsp3) is 0.389. The molecule has 6 nitrogen and oxygen atoms in total. The number of hydrogen-bond donors (Lipinski definition) is 1. The molecule has 1 aliphatic rings. The third-order valence-corrected chi connectivity index (χ3v) is 5.62. The first-order valence-electron chi connectivity index (χ1n) is 8.41. The number of likely N-dealkylation sites (tertiary alicyclic amines) is 1. The number of aryl methyl sites for hydroxylation is 3. The van der Waals surface area contributed by atoms with Gasteiger partial charge in [0, 0.05) is 24.3 Å². The van der Waals surface area contributed by atoms with Gasteiger partial charge in [-0.25, -0.2) is 4.98 Å². The highest BCUT2D eigenvalue weighted by Crippen LogP contribution is 2.30. The van der Waals surface area contributed by atoms with Gasteiger partial charge >= 0.3 is 0 Å². The Morgan fingerprint density at radius 1 is 1.28 bits per heavy atom. The molecule has 25 heavy (non-hydrogen) atoms. The number of nitrogens with two attached hydrogens (primary N) is 1. The summed E-state index contributed by atoms with van der Waals surface area (Å²) in [5.74, 6) is 0.0704. The smallest absolute Gasteiger partial charge is 0.253 e. The van der Waals surface area contributed by atoms with E-state index in [1.165, 1.54) is 11.3 Å². The maximum absolute atomic E-state index is 13.0. The first kappa shape index (κ1) is 16.1. The highest BCUT2D eigenvalue weighted by Gasteiger charge is 2.29. The number of nitrogens with zero attached hydrogens (tertiary/aromatic N) is 4. The van der Waals surface area contributed by atoms with E-state index in [-0.39, 0.29) is 11.9 Å². The van der Waals surface area contributed by atoms with E-state index in [4.69, 9.17) is 5.73 Å². The predicted octanol–water partition coefficient (Wildman–Crippen LogP) is 3.09. The van der Waals surface area contributed by atoms with E-state index in [0.717, 1.165) is 40.1 Å². The van der Waals surface area contributed by atoms with Crippen LogP contribution >= 0.6 is 11.3 Å². The van der Waals surface area contributed by atoms with Crippen LogP contribution in [-0.2, 0) is 0 Å². The zero-order valence-corrected chi connectivity index (χ0v) is 15.4. The first-order chi connectivity index (χ1) is 11.9. The van der Waals surface area contributed by atoms with Crippen molar-refractivity contribution >= 4 is 32.6 Å². The van der Waals surface area contributed by atoms with Gasteiger partial charge in [-0.3, -0.25) is 9.48 Å². The maximum Gasteiger partial charge on any atom is 0.253 e. The van der Waals surface area contributed by atoms with E-state index in [0.29, 0.717) is 17.2 Å². The summed E-state index contributed by atoms with van der Waals surface area (Å²) in [7, 11) is 0. The van der Waals surface area contributed by atoms with Crippen molar-refractivity contribution in [3.63, 3.8) is 0 Å². The Balaban J connectivity index is 1.58. The molecular formula is C18H21N5OS. The lowest BCUT2D eigenvalue weighted by molar-refractivity contribution is 0.0787. The Hall–Kier alpha value is -2.41. The van der Waals surface area contributed by atoms with Gasteiger partial charge in [0.25, 0.3) is 5.91 Å². The molecule has 1 saturated heterocycles. The van der Waals surface area contributed by atoms with Crippen molar-refractivity contribution in [2.24, 2.45) is 0 Å². The van der Waals surface area contributed by atoms with Crippen LogP contribution in [0.15, 0.2) is 18.2 Å². The van der Waals surface area contributed by atoms with Gasteiger partial charge in [-0.1, -0.05) is 11.3 Å². The molecule has 3 aromatic rings. The Morgan fingerprint density at radius 3 is 2.80 bits per heavy atom. The minimum absolute atomic E-state index is 0.0704. The molecule has 130 valence electrons. The molecule has 0 bridgehead atoms. The van der Waals surface area contributed by atoms with Crippen molar-refractivity contribution in [1.29, 1.82) is 0 Å². The van der Waals surface area contributed by atoms with Crippen molar-refractivity contribution in [3.8, 4) is 0 Å². The number of fused-ring (bicyclic) bond motifs is 1. The van der Waals surface area contributed by atoms with Gasteiger partial charge in [0.1, 0.15) is 0 Å². The second kappa shape index (κ2) is 5.84. The van der Waals surface area contributed by atoms with Crippen LogP contribution in [-0.4, -0.2) is 38.7 Å². The summed E-state index contributed by atoms with van der Waals surface area (Å²) in [6.07, 6.45) is 0.933. The van der Waals surface area contributed by atoms with Gasteiger partial charge in [0.15, 0.2) is 5.13 Å². The van der Waals surface area contributed by atoms with E-state index in [2.05, 4.69) is 27.8 Å². The number of hydrogen-bond acceptors (Lipinski definition) is 5. The van der Waals surface area contributed by atoms with Gasteiger partial charge < -0.3 is 10.6 Å². The second-order valence-electron chi connectivity index (χ2n) is 6.76. The molecule has 0 spiro atoms. The molecule has 2 aromatic heterocycles. The molecule has 0 unspecified atom stereocenters. The Labute approximate surface area is 150 Å². The number of thiazole rings is 1. The summed E-state index contributed by atoms with van der Waals surface area (Å²) in [5.41, 5.74) is 10.6. The summed E-state index contributed by atoms with van der Waals surface area (Å²) in [6, 6.07) is 6.16. The number of aromatic nitrogens is 3. The molecule has 1 atom stereocenters. The van der Waals surface area contributed by atoms with Crippen LogP contribution in [0.4, 0.5) is 5.13 Å². The lowest BCUT2D eigenvalue weighted by Gasteiger charge is -2.18. The fourth-order valence-electron chi connectivity index (χ4n) is 3.66. The summed E-state index contributed by atoms with van der Waals surface area (Å²) in [6.45, 7) is 7.49. The molecule has 1 amide bonds. The fourth-order valence-corrected chi connectivity index (χ4v) is 4.51. The van der Waals surface area contributed by atoms with E-state index < -0.39 is 0 Å². The predicted molar refractivity (Wildman–Crippen MR) is 100 cm³/mol. The zero-order valence-electron chi connectivity index (χ0n) is 14.6. The molecule has 1 aromatic carbocycles. The van der Waals surface area contributed by atoms with Crippen molar-refractivity contribution < 1.29 is 4.79 Å². The molecule has 1 fully saturated rings. The lowest BCUT2D eigenvalue weighted by Crippen LogP contribution is -2.29. The molecule has 3 heterocycles. The van der Waals surface area contributed by atoms with Crippen LogP contribution in [0.2, 0.25) is 0 Å². The second-order valence-corrected chi connectivity index (χ2v) is 7.82. The number of nitrogen functional groups attached to an aromatic ring is 1. The average molecular weight is 355 g/mol. The number of rotatable bonds is 2. The molecular weight excluding hydrogens is 334 g/mol. The van der Waals surface area contributed by atoms with Crippen LogP contribution in [0.3, 0.4) is 0 Å². The Bertz CT molecular complexity index is 973. The number of anilines is 1. The topological polar surface area (TPSA) is 77.0 Å². The van der Waals surface area contributed by atoms with Crippen LogP contribution in [0.25, 0.3) is 10.2 Å². The van der Waals surface area contributed by atoms with E-state index in [1.54, 1.807) is 0 Å².